The number of nitrogens with zero attached hydrogens (tertiary/aromatic N) is 1. The van der Waals surface area contributed by atoms with Gasteiger partial charge in [-0.15, -0.1) is 0 Å². The zero-order chi connectivity index (χ0) is 13.2. The number of carbonyl (C=O) groups is 1. The van der Waals surface area contributed by atoms with Crippen LogP contribution in [0.1, 0.15) is 35.9 Å². The molecule has 1 aliphatic rings. The molecular formula is C12H19N3O3. The second kappa shape index (κ2) is 5.09. The van der Waals surface area contributed by atoms with E-state index in [1.807, 2.05) is 6.92 Å². The van der Waals surface area contributed by atoms with E-state index in [4.69, 9.17) is 10.3 Å². The number of nitrogens with one attached hydrogen (secondary N) is 1. The molecule has 4 N–H and O–H groups in total. The minimum atomic E-state index is -0.637. The standard InChI is InChI=1S/C12H19N3O3/c1-12(17)3-2-4-15(8-12)6-10-5-9(7-18-10)11(16)14-13/h5,7,17H,2-4,6,8,13H2,1H3,(H,14,16). The van der Waals surface area contributed by atoms with E-state index in [1.165, 1.54) is 6.26 Å². The van der Waals surface area contributed by atoms with Gasteiger partial charge < -0.3 is 9.52 Å². The molecule has 0 radical (unpaired) electrons. The van der Waals surface area contributed by atoms with Crippen molar-refractivity contribution in [1.29, 1.82) is 0 Å². The van der Waals surface area contributed by atoms with E-state index in [0.29, 0.717) is 24.4 Å². The van der Waals surface area contributed by atoms with E-state index >= 15 is 0 Å². The number of likely N-dealkylation sites (tertiary alicyclic amines) is 1. The maximum Gasteiger partial charge on any atom is 0.268 e. The summed E-state index contributed by atoms with van der Waals surface area (Å²) in [5.41, 5.74) is 1.84. The number of hydrogen-bond donors (Lipinski definition) is 3. The molecule has 2 rings (SSSR count). The van der Waals surface area contributed by atoms with Gasteiger partial charge in [-0.25, -0.2) is 5.84 Å². The summed E-state index contributed by atoms with van der Waals surface area (Å²) in [6.45, 7) is 3.98. The second-order valence-electron chi connectivity index (χ2n) is 5.09. The van der Waals surface area contributed by atoms with Gasteiger partial charge in [-0.1, -0.05) is 0 Å². The number of amides is 1. The molecule has 2 heterocycles. The van der Waals surface area contributed by atoms with Crippen LogP contribution in [0.25, 0.3) is 0 Å². The summed E-state index contributed by atoms with van der Waals surface area (Å²) in [6, 6.07) is 1.67. The fourth-order valence-corrected chi connectivity index (χ4v) is 2.34. The van der Waals surface area contributed by atoms with Crippen molar-refractivity contribution in [2.75, 3.05) is 13.1 Å². The number of rotatable bonds is 3. The van der Waals surface area contributed by atoms with E-state index in [9.17, 15) is 9.90 Å². The van der Waals surface area contributed by atoms with Crippen LogP contribution in [0.4, 0.5) is 0 Å². The lowest BCUT2D eigenvalue weighted by Gasteiger charge is -2.36. The molecule has 100 valence electrons. The Labute approximate surface area is 106 Å². The molecule has 18 heavy (non-hydrogen) atoms. The predicted octanol–water partition coefficient (Wildman–Crippen LogP) is 0.230. The van der Waals surface area contributed by atoms with E-state index < -0.39 is 5.60 Å². The number of aliphatic hydroxyl groups is 1. The maximum absolute atomic E-state index is 11.3. The fraction of sp³-hybridized carbons (Fsp3) is 0.583. The molecule has 1 amide bonds. The van der Waals surface area contributed by atoms with E-state index in [-0.39, 0.29) is 5.91 Å². The van der Waals surface area contributed by atoms with Crippen LogP contribution < -0.4 is 11.3 Å². The summed E-state index contributed by atoms with van der Waals surface area (Å²) in [5.74, 6) is 5.38. The summed E-state index contributed by atoms with van der Waals surface area (Å²) >= 11 is 0. The van der Waals surface area contributed by atoms with Crippen molar-refractivity contribution in [2.24, 2.45) is 5.84 Å². The predicted molar refractivity (Wildman–Crippen MR) is 65.5 cm³/mol. The molecule has 0 aromatic carbocycles. The van der Waals surface area contributed by atoms with E-state index in [2.05, 4.69) is 10.3 Å². The van der Waals surface area contributed by atoms with Gasteiger partial charge >= 0.3 is 0 Å². The molecule has 0 saturated carbocycles. The van der Waals surface area contributed by atoms with Crippen LogP contribution in [0.3, 0.4) is 0 Å². The van der Waals surface area contributed by atoms with Gasteiger partial charge in [0.25, 0.3) is 5.91 Å². The van der Waals surface area contributed by atoms with Crippen molar-refractivity contribution in [3.8, 4) is 0 Å². The summed E-state index contributed by atoms with van der Waals surface area (Å²) in [7, 11) is 0. The highest BCUT2D eigenvalue weighted by Crippen LogP contribution is 2.22. The van der Waals surface area contributed by atoms with Crippen molar-refractivity contribution < 1.29 is 14.3 Å². The zero-order valence-corrected chi connectivity index (χ0v) is 10.5. The minimum Gasteiger partial charge on any atom is -0.467 e. The van der Waals surface area contributed by atoms with Gasteiger partial charge in [-0.05, 0) is 32.4 Å². The Bertz CT molecular complexity index is 428. The van der Waals surface area contributed by atoms with Crippen molar-refractivity contribution in [2.45, 2.75) is 31.9 Å². The lowest BCUT2D eigenvalue weighted by atomic mass is 9.95. The average Bonchev–Trinajstić information content (AvgIpc) is 2.75. The Hall–Kier alpha value is -1.37. The molecule has 1 aromatic heterocycles. The third kappa shape index (κ3) is 3.10. The Morgan fingerprint density at radius 2 is 2.50 bits per heavy atom. The van der Waals surface area contributed by atoms with Crippen LogP contribution in [0.15, 0.2) is 16.7 Å². The van der Waals surface area contributed by atoms with Crippen LogP contribution in [-0.4, -0.2) is 34.6 Å². The smallest absolute Gasteiger partial charge is 0.268 e. The third-order valence-corrected chi connectivity index (χ3v) is 3.18. The maximum atomic E-state index is 11.3. The van der Waals surface area contributed by atoms with Gasteiger partial charge in [-0.2, -0.15) is 0 Å². The fourth-order valence-electron chi connectivity index (χ4n) is 2.34. The summed E-state index contributed by atoms with van der Waals surface area (Å²) in [4.78, 5) is 13.4. The van der Waals surface area contributed by atoms with E-state index in [1.54, 1.807) is 6.07 Å². The van der Waals surface area contributed by atoms with Crippen LogP contribution in [-0.2, 0) is 6.54 Å². The van der Waals surface area contributed by atoms with E-state index in [0.717, 1.165) is 19.4 Å². The van der Waals surface area contributed by atoms with Crippen molar-refractivity contribution in [3.63, 3.8) is 0 Å². The summed E-state index contributed by atoms with van der Waals surface area (Å²) in [5, 5.41) is 10.0. The molecule has 1 aromatic rings. The quantitative estimate of drug-likeness (QED) is 0.407. The van der Waals surface area contributed by atoms with Gasteiger partial charge in [0.05, 0.1) is 17.7 Å². The molecular weight excluding hydrogens is 234 g/mol. The number of hydrazine groups is 1. The van der Waals surface area contributed by atoms with Gasteiger partial charge in [0.2, 0.25) is 0 Å². The van der Waals surface area contributed by atoms with Crippen LogP contribution >= 0.6 is 0 Å². The van der Waals surface area contributed by atoms with Gasteiger partial charge in [0.1, 0.15) is 12.0 Å². The highest BCUT2D eigenvalue weighted by molar-refractivity contribution is 5.93. The molecule has 1 unspecified atom stereocenters. The molecule has 6 heteroatoms. The van der Waals surface area contributed by atoms with Gasteiger partial charge in [0.15, 0.2) is 0 Å². The number of nitrogen functional groups attached to an aromatic ring is 1. The first-order chi connectivity index (χ1) is 8.50. The minimum absolute atomic E-state index is 0.365. The number of furan rings is 1. The molecule has 1 saturated heterocycles. The molecule has 0 bridgehead atoms. The average molecular weight is 253 g/mol. The Morgan fingerprint density at radius 1 is 1.72 bits per heavy atom. The SMILES string of the molecule is CC1(O)CCCN(Cc2cc(C(=O)NN)co2)C1. The normalized spacial score (nSPS) is 25.1. The molecule has 1 aliphatic heterocycles. The highest BCUT2D eigenvalue weighted by atomic mass is 16.3. The Kier molecular flexibility index (Phi) is 3.70. The Balaban J connectivity index is 1.97. The lowest BCUT2D eigenvalue weighted by Crippen LogP contribution is -2.45. The third-order valence-electron chi connectivity index (χ3n) is 3.18. The Morgan fingerprint density at radius 3 is 3.17 bits per heavy atom. The topological polar surface area (TPSA) is 91.7 Å². The van der Waals surface area contributed by atoms with Crippen molar-refractivity contribution in [3.05, 3.63) is 23.7 Å². The molecule has 1 fully saturated rings. The number of nitrogens with two attached hydrogens (primary N) is 1. The molecule has 0 spiro atoms. The number of carbonyl (C=O) groups excluding carboxylic acids is 1. The molecule has 1 atom stereocenters. The first-order valence-corrected chi connectivity index (χ1v) is 6.03. The van der Waals surface area contributed by atoms with Crippen molar-refractivity contribution >= 4 is 5.91 Å². The van der Waals surface area contributed by atoms with Gasteiger partial charge in [0, 0.05) is 6.54 Å². The molecule has 6 nitrogen and oxygen atoms in total. The zero-order valence-electron chi connectivity index (χ0n) is 10.5. The van der Waals surface area contributed by atoms with Crippen LogP contribution in [0, 0.1) is 0 Å². The second-order valence-corrected chi connectivity index (χ2v) is 5.09. The van der Waals surface area contributed by atoms with Crippen LogP contribution in [0.5, 0.6) is 0 Å². The summed E-state index contributed by atoms with van der Waals surface area (Å²) in [6.07, 6.45) is 3.17. The summed E-state index contributed by atoms with van der Waals surface area (Å²) < 4.78 is 5.32. The van der Waals surface area contributed by atoms with Gasteiger partial charge in [-0.3, -0.25) is 15.1 Å². The highest BCUT2D eigenvalue weighted by Gasteiger charge is 2.28. The monoisotopic (exact) mass is 253 g/mol. The number of piperidine rings is 1. The largest absolute Gasteiger partial charge is 0.467 e. The first-order valence-electron chi connectivity index (χ1n) is 6.03. The lowest BCUT2D eigenvalue weighted by molar-refractivity contribution is -0.0198. The number of β-amino-alcohol motifs (C(OH)–C–C–N with tert-alkyl or cyclic N) is 1. The first kappa shape index (κ1) is 13.1. The van der Waals surface area contributed by atoms with Crippen molar-refractivity contribution in [1.82, 2.24) is 10.3 Å². The van der Waals surface area contributed by atoms with Crippen LogP contribution in [0.2, 0.25) is 0 Å². The molecule has 0 aliphatic carbocycles. The number of hydrogen-bond acceptors (Lipinski definition) is 5.